The summed E-state index contributed by atoms with van der Waals surface area (Å²) in [6.45, 7) is 3.94. The summed E-state index contributed by atoms with van der Waals surface area (Å²) in [5, 5.41) is 10.2. The number of benzene rings is 1. The zero-order valence-electron chi connectivity index (χ0n) is 11.0. The van der Waals surface area contributed by atoms with E-state index in [2.05, 4.69) is 4.98 Å². The Labute approximate surface area is 106 Å². The van der Waals surface area contributed by atoms with Gasteiger partial charge in [-0.2, -0.15) is 0 Å². The predicted molar refractivity (Wildman–Crippen MR) is 72.5 cm³/mol. The SMILES string of the molecule is Cc1ccc(C)c2nc(N(C)C)c(C(=O)O)cc12. The maximum absolute atomic E-state index is 11.3. The monoisotopic (exact) mass is 244 g/mol. The van der Waals surface area contributed by atoms with Crippen LogP contribution in [-0.2, 0) is 0 Å². The number of carboxylic acids is 1. The summed E-state index contributed by atoms with van der Waals surface area (Å²) in [5.74, 6) is -0.460. The van der Waals surface area contributed by atoms with Crippen molar-refractivity contribution in [3.63, 3.8) is 0 Å². The first kappa shape index (κ1) is 12.4. The quantitative estimate of drug-likeness (QED) is 0.882. The van der Waals surface area contributed by atoms with E-state index in [1.165, 1.54) is 0 Å². The van der Waals surface area contributed by atoms with Gasteiger partial charge in [0.15, 0.2) is 0 Å². The molecular weight excluding hydrogens is 228 g/mol. The molecule has 0 saturated carbocycles. The average Bonchev–Trinajstić information content (AvgIpc) is 2.32. The number of rotatable bonds is 2. The van der Waals surface area contributed by atoms with Crippen molar-refractivity contribution in [3.05, 3.63) is 34.9 Å². The molecule has 0 unspecified atom stereocenters. The van der Waals surface area contributed by atoms with Gasteiger partial charge < -0.3 is 10.0 Å². The van der Waals surface area contributed by atoms with E-state index in [1.807, 2.05) is 26.0 Å². The fraction of sp³-hybridized carbons (Fsp3) is 0.286. The fourth-order valence-electron chi connectivity index (χ4n) is 2.02. The van der Waals surface area contributed by atoms with Crippen LogP contribution in [-0.4, -0.2) is 30.2 Å². The summed E-state index contributed by atoms with van der Waals surface area (Å²) in [7, 11) is 3.59. The van der Waals surface area contributed by atoms with Gasteiger partial charge in [0.2, 0.25) is 0 Å². The first-order chi connectivity index (χ1) is 8.41. The van der Waals surface area contributed by atoms with E-state index in [0.29, 0.717) is 5.82 Å². The van der Waals surface area contributed by atoms with Gasteiger partial charge in [-0.05, 0) is 31.0 Å². The maximum atomic E-state index is 11.3. The molecule has 0 aliphatic rings. The van der Waals surface area contributed by atoms with E-state index >= 15 is 0 Å². The Hall–Kier alpha value is -2.10. The van der Waals surface area contributed by atoms with Crippen molar-refractivity contribution in [2.75, 3.05) is 19.0 Å². The number of hydrogen-bond donors (Lipinski definition) is 1. The minimum Gasteiger partial charge on any atom is -0.478 e. The first-order valence-electron chi connectivity index (χ1n) is 5.73. The van der Waals surface area contributed by atoms with Crippen molar-refractivity contribution < 1.29 is 9.90 Å². The van der Waals surface area contributed by atoms with Gasteiger partial charge in [-0.25, -0.2) is 9.78 Å². The van der Waals surface area contributed by atoms with Crippen LogP contribution < -0.4 is 4.90 Å². The number of pyridine rings is 1. The highest BCUT2D eigenvalue weighted by Gasteiger charge is 2.16. The molecule has 0 radical (unpaired) electrons. The lowest BCUT2D eigenvalue weighted by Gasteiger charge is -2.16. The van der Waals surface area contributed by atoms with Gasteiger partial charge in [-0.1, -0.05) is 12.1 Å². The molecule has 0 bridgehead atoms. The Bertz CT molecular complexity index is 633. The van der Waals surface area contributed by atoms with Crippen LogP contribution >= 0.6 is 0 Å². The summed E-state index contributed by atoms with van der Waals surface area (Å²) >= 11 is 0. The molecule has 0 amide bonds. The fourth-order valence-corrected chi connectivity index (χ4v) is 2.02. The number of carboxylic acid groups (broad SMARTS) is 1. The third kappa shape index (κ3) is 1.90. The van der Waals surface area contributed by atoms with Crippen molar-refractivity contribution in [2.45, 2.75) is 13.8 Å². The largest absolute Gasteiger partial charge is 0.478 e. The zero-order valence-corrected chi connectivity index (χ0v) is 11.0. The molecule has 0 atom stereocenters. The van der Waals surface area contributed by atoms with E-state index in [-0.39, 0.29) is 5.56 Å². The predicted octanol–water partition coefficient (Wildman–Crippen LogP) is 2.62. The standard InChI is InChI=1S/C14H16N2O2/c1-8-5-6-9(2)12-10(8)7-11(14(17)18)13(15-12)16(3)4/h5-7H,1-4H3,(H,17,18). The zero-order chi connectivity index (χ0) is 13.4. The van der Waals surface area contributed by atoms with Crippen LogP contribution in [0, 0.1) is 13.8 Å². The molecule has 0 aliphatic heterocycles. The Balaban J connectivity index is 2.89. The highest BCUT2D eigenvalue weighted by molar-refractivity contribution is 5.99. The van der Waals surface area contributed by atoms with Crippen LogP contribution in [0.5, 0.6) is 0 Å². The van der Waals surface area contributed by atoms with Crippen LogP contribution in [0.15, 0.2) is 18.2 Å². The Morgan fingerprint density at radius 1 is 1.22 bits per heavy atom. The Morgan fingerprint density at radius 3 is 2.39 bits per heavy atom. The molecule has 1 aromatic heterocycles. The van der Waals surface area contributed by atoms with Crippen LogP contribution in [0.3, 0.4) is 0 Å². The van der Waals surface area contributed by atoms with Gasteiger partial charge in [0.05, 0.1) is 5.52 Å². The third-order valence-electron chi connectivity index (χ3n) is 3.04. The molecule has 4 heteroatoms. The number of hydrogen-bond acceptors (Lipinski definition) is 3. The molecule has 0 spiro atoms. The Kier molecular flexibility index (Phi) is 2.95. The minimum absolute atomic E-state index is 0.237. The summed E-state index contributed by atoms with van der Waals surface area (Å²) in [6.07, 6.45) is 0. The minimum atomic E-state index is -0.950. The average molecular weight is 244 g/mol. The second-order valence-electron chi connectivity index (χ2n) is 4.65. The lowest BCUT2D eigenvalue weighted by Crippen LogP contribution is -2.16. The number of carbonyl (C=O) groups is 1. The normalized spacial score (nSPS) is 10.7. The molecule has 2 rings (SSSR count). The number of aromatic nitrogens is 1. The molecule has 2 aromatic rings. The van der Waals surface area contributed by atoms with Crippen molar-refractivity contribution in [2.24, 2.45) is 0 Å². The number of aromatic carboxylic acids is 1. The number of fused-ring (bicyclic) bond motifs is 1. The van der Waals surface area contributed by atoms with Gasteiger partial charge in [-0.3, -0.25) is 0 Å². The van der Waals surface area contributed by atoms with E-state index in [0.717, 1.165) is 22.0 Å². The Morgan fingerprint density at radius 2 is 1.83 bits per heavy atom. The van der Waals surface area contributed by atoms with Gasteiger partial charge in [0.25, 0.3) is 0 Å². The molecule has 0 saturated heterocycles. The van der Waals surface area contributed by atoms with Crippen molar-refractivity contribution in [3.8, 4) is 0 Å². The molecular formula is C14H16N2O2. The molecule has 1 aromatic carbocycles. The van der Waals surface area contributed by atoms with Crippen LogP contribution in [0.1, 0.15) is 21.5 Å². The van der Waals surface area contributed by atoms with Gasteiger partial charge in [0, 0.05) is 19.5 Å². The van der Waals surface area contributed by atoms with Crippen molar-refractivity contribution in [1.29, 1.82) is 0 Å². The van der Waals surface area contributed by atoms with E-state index in [1.54, 1.807) is 25.1 Å². The molecule has 1 N–H and O–H groups in total. The first-order valence-corrected chi connectivity index (χ1v) is 5.73. The van der Waals surface area contributed by atoms with Crippen LogP contribution in [0.2, 0.25) is 0 Å². The highest BCUT2D eigenvalue weighted by atomic mass is 16.4. The van der Waals surface area contributed by atoms with Crippen molar-refractivity contribution in [1.82, 2.24) is 4.98 Å². The number of nitrogens with zero attached hydrogens (tertiary/aromatic N) is 2. The molecule has 94 valence electrons. The second kappa shape index (κ2) is 4.29. The van der Waals surface area contributed by atoms with E-state index < -0.39 is 5.97 Å². The third-order valence-corrected chi connectivity index (χ3v) is 3.04. The molecule has 18 heavy (non-hydrogen) atoms. The van der Waals surface area contributed by atoms with Crippen molar-refractivity contribution >= 4 is 22.7 Å². The lowest BCUT2D eigenvalue weighted by atomic mass is 10.0. The van der Waals surface area contributed by atoms with E-state index in [9.17, 15) is 9.90 Å². The van der Waals surface area contributed by atoms with Gasteiger partial charge in [-0.15, -0.1) is 0 Å². The topological polar surface area (TPSA) is 53.4 Å². The number of anilines is 1. The van der Waals surface area contributed by atoms with Crippen LogP contribution in [0.25, 0.3) is 10.9 Å². The number of aryl methyl sites for hydroxylation is 2. The summed E-state index contributed by atoms with van der Waals surface area (Å²) in [5.41, 5.74) is 3.19. The van der Waals surface area contributed by atoms with E-state index in [4.69, 9.17) is 0 Å². The highest BCUT2D eigenvalue weighted by Crippen LogP contribution is 2.26. The molecule has 0 aliphatic carbocycles. The summed E-state index contributed by atoms with van der Waals surface area (Å²) in [6, 6.07) is 5.70. The lowest BCUT2D eigenvalue weighted by molar-refractivity contribution is 0.0697. The summed E-state index contributed by atoms with van der Waals surface area (Å²) < 4.78 is 0. The second-order valence-corrected chi connectivity index (χ2v) is 4.65. The van der Waals surface area contributed by atoms with Gasteiger partial charge in [0.1, 0.15) is 11.4 Å². The molecule has 4 nitrogen and oxygen atoms in total. The maximum Gasteiger partial charge on any atom is 0.339 e. The smallest absolute Gasteiger partial charge is 0.339 e. The summed E-state index contributed by atoms with van der Waals surface area (Å²) in [4.78, 5) is 17.5. The van der Waals surface area contributed by atoms with Crippen LogP contribution in [0.4, 0.5) is 5.82 Å². The molecule has 1 heterocycles. The van der Waals surface area contributed by atoms with Gasteiger partial charge >= 0.3 is 5.97 Å². The molecule has 0 fully saturated rings.